The third-order valence-corrected chi connectivity index (χ3v) is 8.04. The summed E-state index contributed by atoms with van der Waals surface area (Å²) in [7, 11) is 5.38. The number of allylic oxidation sites excluding steroid dienone is 6. The molecule has 0 radical (unpaired) electrons. The number of carbonyl (C=O) groups excluding carboxylic acids is 3. The van der Waals surface area contributed by atoms with Crippen molar-refractivity contribution >= 4 is 17.9 Å². The van der Waals surface area contributed by atoms with Crippen molar-refractivity contribution in [2.75, 3.05) is 41.0 Å². The fourth-order valence-corrected chi connectivity index (χ4v) is 5.14. The maximum atomic E-state index is 12.6. The molecule has 0 aromatic rings. The normalized spacial score (nSPS) is 13.5. The molecule has 0 N–H and O–H groups in total. The van der Waals surface area contributed by atoms with Gasteiger partial charge in [0.2, 0.25) is 0 Å². The Morgan fingerprint density at radius 2 is 1.19 bits per heavy atom. The van der Waals surface area contributed by atoms with Crippen LogP contribution in [0, 0.1) is 0 Å². The van der Waals surface area contributed by atoms with Gasteiger partial charge in [-0.1, -0.05) is 115 Å². The molecule has 272 valence electrons. The first-order chi connectivity index (χ1) is 22.6. The first-order valence-electron chi connectivity index (χ1n) is 18.5. The molecule has 8 nitrogen and oxygen atoms in total. The highest BCUT2D eigenvalue weighted by Crippen LogP contribution is 2.13. The first-order valence-corrected chi connectivity index (χ1v) is 18.5. The SMILES string of the molecule is CC/C=C/C/C=C/C/C=C/CCCCC(=O)OCC(COCCC(C(=O)[O-])[N+](C)(C)C)OC(=O)CCCCCCCCCCCCC. The standard InChI is InChI=1S/C39H69NO7/c1-6-8-10-12-14-16-18-20-21-23-25-27-29-37(41)46-34-35(33-45-32-31-36(39(43)44)40(3,4)5)47-38(42)30-28-26-24-22-19-17-15-13-11-9-7-2/h8,10,14,16,20-21,35-36H,6-7,9,11-13,15,17-19,22-34H2,1-5H3/b10-8+,16-14+,21-20+. The Hall–Kier alpha value is -2.45. The molecule has 47 heavy (non-hydrogen) atoms. The molecule has 0 saturated heterocycles. The van der Waals surface area contributed by atoms with E-state index in [-0.39, 0.29) is 42.7 Å². The molecule has 0 spiro atoms. The average Bonchev–Trinajstić information content (AvgIpc) is 3.01. The van der Waals surface area contributed by atoms with Gasteiger partial charge in [-0.25, -0.2) is 0 Å². The maximum Gasteiger partial charge on any atom is 0.306 e. The molecule has 0 saturated carbocycles. The van der Waals surface area contributed by atoms with Gasteiger partial charge in [-0.2, -0.15) is 0 Å². The zero-order chi connectivity index (χ0) is 35.0. The van der Waals surface area contributed by atoms with Crippen LogP contribution in [0.15, 0.2) is 36.5 Å². The van der Waals surface area contributed by atoms with Crippen LogP contribution in [-0.2, 0) is 28.6 Å². The van der Waals surface area contributed by atoms with E-state index in [9.17, 15) is 19.5 Å². The largest absolute Gasteiger partial charge is 0.544 e. The summed E-state index contributed by atoms with van der Waals surface area (Å²) in [6.45, 7) is 4.47. The predicted octanol–water partition coefficient (Wildman–Crippen LogP) is 7.79. The summed E-state index contributed by atoms with van der Waals surface area (Å²) in [6.07, 6.45) is 31.7. The van der Waals surface area contributed by atoms with Gasteiger partial charge in [-0.05, 0) is 44.9 Å². The molecule has 0 amide bonds. The van der Waals surface area contributed by atoms with Crippen LogP contribution in [0.3, 0.4) is 0 Å². The van der Waals surface area contributed by atoms with Crippen LogP contribution in [0.25, 0.3) is 0 Å². The maximum absolute atomic E-state index is 12.6. The summed E-state index contributed by atoms with van der Waals surface area (Å²) in [5.74, 6) is -1.79. The van der Waals surface area contributed by atoms with Crippen molar-refractivity contribution in [3.8, 4) is 0 Å². The fourth-order valence-electron chi connectivity index (χ4n) is 5.14. The summed E-state index contributed by atoms with van der Waals surface area (Å²) in [6, 6.07) is -0.728. The molecule has 8 heteroatoms. The summed E-state index contributed by atoms with van der Waals surface area (Å²) < 4.78 is 17.0. The highest BCUT2D eigenvalue weighted by molar-refractivity contribution is 5.70. The van der Waals surface area contributed by atoms with Crippen LogP contribution in [0.4, 0.5) is 0 Å². The topological polar surface area (TPSA) is 102 Å². The number of carbonyl (C=O) groups is 3. The number of rotatable bonds is 32. The molecule has 0 rings (SSSR count). The molecule has 2 unspecified atom stereocenters. The minimum atomic E-state index is -1.13. The lowest BCUT2D eigenvalue weighted by Gasteiger charge is -2.34. The number of aliphatic carboxylic acids is 1. The Morgan fingerprint density at radius 3 is 1.77 bits per heavy atom. The Morgan fingerprint density at radius 1 is 0.660 bits per heavy atom. The molecular formula is C39H69NO7. The average molecular weight is 664 g/mol. The second-order valence-electron chi connectivity index (χ2n) is 13.4. The van der Waals surface area contributed by atoms with E-state index in [0.717, 1.165) is 57.8 Å². The number of carboxylic acid groups (broad SMARTS) is 1. The highest BCUT2D eigenvalue weighted by Gasteiger charge is 2.25. The van der Waals surface area contributed by atoms with E-state index in [0.29, 0.717) is 12.8 Å². The molecule has 0 aliphatic rings. The van der Waals surface area contributed by atoms with Crippen molar-refractivity contribution in [2.24, 2.45) is 0 Å². The Labute approximate surface area is 287 Å². The van der Waals surface area contributed by atoms with Gasteiger partial charge in [0.05, 0.1) is 40.3 Å². The van der Waals surface area contributed by atoms with Gasteiger partial charge in [0, 0.05) is 19.3 Å². The Kier molecular flexibility index (Phi) is 29.2. The number of nitrogens with zero attached hydrogens (tertiary/aromatic N) is 1. The molecule has 0 aromatic heterocycles. The summed E-state index contributed by atoms with van der Waals surface area (Å²) in [5.41, 5.74) is 0. The number of likely N-dealkylation sites (N-methyl/N-ethyl adjacent to an activating group) is 1. The van der Waals surface area contributed by atoms with Crippen molar-refractivity contribution < 1.29 is 38.2 Å². The lowest BCUT2D eigenvalue weighted by Crippen LogP contribution is -2.55. The highest BCUT2D eigenvalue weighted by atomic mass is 16.6. The molecule has 0 aromatic carbocycles. The lowest BCUT2D eigenvalue weighted by molar-refractivity contribution is -0.889. The molecule has 0 bridgehead atoms. The summed E-state index contributed by atoms with van der Waals surface area (Å²) in [4.78, 5) is 36.5. The number of unbranched alkanes of at least 4 members (excludes halogenated alkanes) is 12. The second-order valence-corrected chi connectivity index (χ2v) is 13.4. The number of carboxylic acids is 1. The van der Waals surface area contributed by atoms with Crippen LogP contribution in [0.5, 0.6) is 0 Å². The van der Waals surface area contributed by atoms with Gasteiger partial charge in [-0.3, -0.25) is 9.59 Å². The zero-order valence-corrected chi connectivity index (χ0v) is 30.7. The van der Waals surface area contributed by atoms with E-state index >= 15 is 0 Å². The summed E-state index contributed by atoms with van der Waals surface area (Å²) in [5, 5.41) is 11.6. The van der Waals surface area contributed by atoms with Crippen molar-refractivity contribution in [1.82, 2.24) is 0 Å². The molecule has 2 atom stereocenters. The van der Waals surface area contributed by atoms with E-state index in [4.69, 9.17) is 14.2 Å². The second kappa shape index (κ2) is 30.9. The van der Waals surface area contributed by atoms with Crippen molar-refractivity contribution in [3.63, 3.8) is 0 Å². The molecule has 0 aliphatic carbocycles. The quantitative estimate of drug-likeness (QED) is 0.0313. The van der Waals surface area contributed by atoms with Gasteiger partial charge < -0.3 is 28.6 Å². The van der Waals surface area contributed by atoms with Crippen LogP contribution in [-0.4, -0.2) is 75.5 Å². The van der Waals surface area contributed by atoms with E-state index in [1.165, 1.54) is 51.4 Å². The summed E-state index contributed by atoms with van der Waals surface area (Å²) >= 11 is 0. The van der Waals surface area contributed by atoms with Gasteiger partial charge in [0.1, 0.15) is 12.6 Å². The third-order valence-electron chi connectivity index (χ3n) is 8.04. The number of hydrogen-bond donors (Lipinski definition) is 0. The number of quaternary nitrogens is 1. The van der Waals surface area contributed by atoms with E-state index in [2.05, 4.69) is 50.3 Å². The molecular weight excluding hydrogens is 594 g/mol. The number of ether oxygens (including phenoxy) is 3. The van der Waals surface area contributed by atoms with Crippen molar-refractivity contribution in [3.05, 3.63) is 36.5 Å². The van der Waals surface area contributed by atoms with Gasteiger partial charge in [0.15, 0.2) is 6.10 Å². The van der Waals surface area contributed by atoms with Crippen LogP contribution < -0.4 is 5.11 Å². The van der Waals surface area contributed by atoms with Gasteiger partial charge in [-0.15, -0.1) is 0 Å². The Balaban J connectivity index is 4.50. The van der Waals surface area contributed by atoms with E-state index < -0.39 is 18.1 Å². The monoisotopic (exact) mass is 664 g/mol. The minimum absolute atomic E-state index is 0.0301. The van der Waals surface area contributed by atoms with Crippen LogP contribution >= 0.6 is 0 Å². The predicted molar refractivity (Wildman–Crippen MR) is 190 cm³/mol. The smallest absolute Gasteiger partial charge is 0.306 e. The van der Waals surface area contributed by atoms with Gasteiger partial charge >= 0.3 is 11.9 Å². The fraction of sp³-hybridized carbons (Fsp3) is 0.769. The number of hydrogen-bond acceptors (Lipinski definition) is 7. The van der Waals surface area contributed by atoms with E-state index in [1.807, 2.05) is 0 Å². The molecule has 0 fully saturated rings. The molecule has 0 heterocycles. The van der Waals surface area contributed by atoms with Crippen molar-refractivity contribution in [1.29, 1.82) is 0 Å². The third kappa shape index (κ3) is 29.4. The van der Waals surface area contributed by atoms with Crippen LogP contribution in [0.2, 0.25) is 0 Å². The van der Waals surface area contributed by atoms with Gasteiger partial charge in [0.25, 0.3) is 0 Å². The first kappa shape index (κ1) is 44.5. The lowest BCUT2D eigenvalue weighted by atomic mass is 10.1. The number of esters is 2. The van der Waals surface area contributed by atoms with Crippen LogP contribution in [0.1, 0.15) is 142 Å². The van der Waals surface area contributed by atoms with Crippen molar-refractivity contribution in [2.45, 2.75) is 154 Å². The minimum Gasteiger partial charge on any atom is -0.544 e. The van der Waals surface area contributed by atoms with E-state index in [1.54, 1.807) is 21.1 Å². The molecule has 0 aliphatic heterocycles. The zero-order valence-electron chi connectivity index (χ0n) is 30.7. The Bertz CT molecular complexity index is 875.